The van der Waals surface area contributed by atoms with Crippen molar-refractivity contribution < 1.29 is 13.2 Å². The molecule has 18 heavy (non-hydrogen) atoms. The Morgan fingerprint density at radius 2 is 2.06 bits per heavy atom. The van der Waals surface area contributed by atoms with Crippen molar-refractivity contribution in [3.63, 3.8) is 0 Å². The van der Waals surface area contributed by atoms with E-state index in [1.807, 2.05) is 12.2 Å². The zero-order valence-corrected chi connectivity index (χ0v) is 11.1. The quantitative estimate of drug-likeness (QED) is 0.617. The minimum absolute atomic E-state index is 0.0532. The SMILES string of the molecule is O=C(c1cccc(S(=O)(=O)Cl)c1)N1CC=CCC1. The summed E-state index contributed by atoms with van der Waals surface area (Å²) in [6, 6.07) is 5.78. The molecule has 0 spiro atoms. The third-order valence-electron chi connectivity index (χ3n) is 2.71. The molecule has 1 aromatic rings. The van der Waals surface area contributed by atoms with Crippen LogP contribution in [0.3, 0.4) is 0 Å². The van der Waals surface area contributed by atoms with E-state index in [9.17, 15) is 13.2 Å². The van der Waals surface area contributed by atoms with Gasteiger partial charge in [-0.1, -0.05) is 18.2 Å². The predicted octanol–water partition coefficient (Wildman–Crippen LogP) is 2.02. The summed E-state index contributed by atoms with van der Waals surface area (Å²) in [6.07, 6.45) is 4.76. The normalized spacial score (nSPS) is 15.7. The van der Waals surface area contributed by atoms with Crippen LogP contribution >= 0.6 is 10.7 Å². The first kappa shape index (κ1) is 13.1. The van der Waals surface area contributed by atoms with E-state index in [1.54, 1.807) is 11.0 Å². The minimum atomic E-state index is -3.80. The number of rotatable bonds is 2. The smallest absolute Gasteiger partial charge is 0.261 e. The number of carbonyl (C=O) groups excluding carboxylic acids is 1. The molecule has 0 saturated carbocycles. The van der Waals surface area contributed by atoms with Gasteiger partial charge in [0.05, 0.1) is 4.90 Å². The van der Waals surface area contributed by atoms with Crippen LogP contribution in [-0.4, -0.2) is 32.3 Å². The van der Waals surface area contributed by atoms with Crippen molar-refractivity contribution in [2.24, 2.45) is 0 Å². The van der Waals surface area contributed by atoms with E-state index in [4.69, 9.17) is 10.7 Å². The largest absolute Gasteiger partial charge is 0.335 e. The topological polar surface area (TPSA) is 54.5 Å². The van der Waals surface area contributed by atoms with Crippen LogP contribution in [-0.2, 0) is 9.05 Å². The fourth-order valence-corrected chi connectivity index (χ4v) is 2.59. The van der Waals surface area contributed by atoms with E-state index in [0.717, 1.165) is 6.42 Å². The van der Waals surface area contributed by atoms with E-state index in [0.29, 0.717) is 18.7 Å². The van der Waals surface area contributed by atoms with Gasteiger partial charge in [0.15, 0.2) is 0 Å². The van der Waals surface area contributed by atoms with Gasteiger partial charge in [0.2, 0.25) is 0 Å². The molecule has 0 bridgehead atoms. The lowest BCUT2D eigenvalue weighted by Gasteiger charge is -2.23. The average Bonchev–Trinajstić information content (AvgIpc) is 2.38. The first-order valence-electron chi connectivity index (χ1n) is 5.47. The average molecular weight is 286 g/mol. The predicted molar refractivity (Wildman–Crippen MR) is 69.1 cm³/mol. The van der Waals surface area contributed by atoms with Crippen molar-refractivity contribution in [3.05, 3.63) is 42.0 Å². The Hall–Kier alpha value is -1.33. The number of carbonyl (C=O) groups is 1. The Labute approximate surface area is 110 Å². The van der Waals surface area contributed by atoms with Gasteiger partial charge in [0, 0.05) is 29.3 Å². The van der Waals surface area contributed by atoms with Crippen molar-refractivity contribution in [1.29, 1.82) is 0 Å². The summed E-state index contributed by atoms with van der Waals surface area (Å²) in [4.78, 5) is 13.7. The molecule has 0 saturated heterocycles. The summed E-state index contributed by atoms with van der Waals surface area (Å²) in [5.74, 6) is -0.179. The molecule has 1 aliphatic heterocycles. The number of hydrogen-bond donors (Lipinski definition) is 0. The maximum Gasteiger partial charge on any atom is 0.261 e. The molecule has 1 amide bonds. The number of benzene rings is 1. The Balaban J connectivity index is 2.28. The highest BCUT2D eigenvalue weighted by molar-refractivity contribution is 8.13. The molecule has 0 unspecified atom stereocenters. The van der Waals surface area contributed by atoms with Crippen LogP contribution in [0.15, 0.2) is 41.3 Å². The highest BCUT2D eigenvalue weighted by Gasteiger charge is 2.18. The van der Waals surface area contributed by atoms with Crippen LogP contribution in [0.5, 0.6) is 0 Å². The van der Waals surface area contributed by atoms with Gasteiger partial charge in [-0.15, -0.1) is 0 Å². The number of hydrogen-bond acceptors (Lipinski definition) is 3. The summed E-state index contributed by atoms with van der Waals surface area (Å²) in [6.45, 7) is 1.20. The zero-order chi connectivity index (χ0) is 13.2. The van der Waals surface area contributed by atoms with Crippen LogP contribution < -0.4 is 0 Å². The van der Waals surface area contributed by atoms with Gasteiger partial charge in [-0.3, -0.25) is 4.79 Å². The molecule has 1 aromatic carbocycles. The Morgan fingerprint density at radius 3 is 2.67 bits per heavy atom. The second kappa shape index (κ2) is 5.12. The number of halogens is 1. The van der Waals surface area contributed by atoms with Crippen LogP contribution in [0.1, 0.15) is 16.8 Å². The number of amides is 1. The standard InChI is InChI=1S/C12H12ClNO3S/c13-18(16,17)11-6-4-5-10(9-11)12(15)14-7-2-1-3-8-14/h1-2,4-6,9H,3,7-8H2. The van der Waals surface area contributed by atoms with E-state index in [1.165, 1.54) is 18.2 Å². The molecule has 0 radical (unpaired) electrons. The summed E-state index contributed by atoms with van der Waals surface area (Å²) < 4.78 is 22.4. The van der Waals surface area contributed by atoms with Gasteiger partial charge in [0.25, 0.3) is 15.0 Å². The lowest BCUT2D eigenvalue weighted by Crippen LogP contribution is -2.33. The second-order valence-electron chi connectivity index (χ2n) is 3.98. The maximum absolute atomic E-state index is 12.1. The molecule has 2 rings (SSSR count). The summed E-state index contributed by atoms with van der Waals surface area (Å²) >= 11 is 0. The van der Waals surface area contributed by atoms with Crippen LogP contribution in [0, 0.1) is 0 Å². The Kier molecular flexibility index (Phi) is 3.73. The third kappa shape index (κ3) is 2.91. The summed E-state index contributed by atoms with van der Waals surface area (Å²) in [5, 5.41) is 0. The summed E-state index contributed by atoms with van der Waals surface area (Å²) in [5.41, 5.74) is 0.340. The lowest BCUT2D eigenvalue weighted by molar-refractivity contribution is 0.0771. The first-order chi connectivity index (χ1) is 8.48. The zero-order valence-electron chi connectivity index (χ0n) is 9.54. The van der Waals surface area contributed by atoms with E-state index in [-0.39, 0.29) is 10.8 Å². The summed E-state index contributed by atoms with van der Waals surface area (Å²) in [7, 11) is 1.46. The van der Waals surface area contributed by atoms with Crippen molar-refractivity contribution >= 4 is 25.6 Å². The monoisotopic (exact) mass is 285 g/mol. The van der Waals surface area contributed by atoms with E-state index < -0.39 is 9.05 Å². The van der Waals surface area contributed by atoms with E-state index >= 15 is 0 Å². The molecule has 0 aromatic heterocycles. The molecular formula is C12H12ClNO3S. The van der Waals surface area contributed by atoms with Gasteiger partial charge >= 0.3 is 0 Å². The molecule has 6 heteroatoms. The number of nitrogens with zero attached hydrogens (tertiary/aromatic N) is 1. The van der Waals surface area contributed by atoms with Crippen molar-refractivity contribution in [3.8, 4) is 0 Å². The first-order valence-corrected chi connectivity index (χ1v) is 7.78. The highest BCUT2D eigenvalue weighted by atomic mass is 35.7. The van der Waals surface area contributed by atoms with Gasteiger partial charge in [-0.05, 0) is 24.6 Å². The Bertz CT molecular complexity index is 595. The molecule has 96 valence electrons. The molecule has 1 heterocycles. The lowest BCUT2D eigenvalue weighted by atomic mass is 10.1. The third-order valence-corrected chi connectivity index (χ3v) is 4.06. The molecule has 4 nitrogen and oxygen atoms in total. The van der Waals surface area contributed by atoms with Gasteiger partial charge in [-0.25, -0.2) is 8.42 Å². The van der Waals surface area contributed by atoms with Crippen molar-refractivity contribution in [2.75, 3.05) is 13.1 Å². The maximum atomic E-state index is 12.1. The molecule has 0 fully saturated rings. The molecule has 0 N–H and O–H groups in total. The van der Waals surface area contributed by atoms with Gasteiger partial charge in [0.1, 0.15) is 0 Å². The highest BCUT2D eigenvalue weighted by Crippen LogP contribution is 2.17. The minimum Gasteiger partial charge on any atom is -0.335 e. The second-order valence-corrected chi connectivity index (χ2v) is 6.54. The fourth-order valence-electron chi connectivity index (χ4n) is 1.79. The molecular weight excluding hydrogens is 274 g/mol. The Morgan fingerprint density at radius 1 is 1.28 bits per heavy atom. The molecule has 0 atom stereocenters. The molecule has 0 aliphatic carbocycles. The van der Waals surface area contributed by atoms with Crippen LogP contribution in [0.25, 0.3) is 0 Å². The van der Waals surface area contributed by atoms with Crippen molar-refractivity contribution in [2.45, 2.75) is 11.3 Å². The van der Waals surface area contributed by atoms with E-state index in [2.05, 4.69) is 0 Å². The van der Waals surface area contributed by atoms with Crippen molar-refractivity contribution in [1.82, 2.24) is 4.90 Å². The van der Waals surface area contributed by atoms with Gasteiger partial charge < -0.3 is 4.90 Å². The fraction of sp³-hybridized carbons (Fsp3) is 0.250. The molecule has 1 aliphatic rings. The van der Waals surface area contributed by atoms with Crippen LogP contribution in [0.2, 0.25) is 0 Å². The van der Waals surface area contributed by atoms with Gasteiger partial charge in [-0.2, -0.15) is 0 Å². The van der Waals surface area contributed by atoms with Crippen LogP contribution in [0.4, 0.5) is 0 Å².